The van der Waals surface area contributed by atoms with E-state index in [0.29, 0.717) is 86.1 Å². The number of likely N-dealkylation sites (N-methyl/N-ethyl adjacent to an activating group) is 2. The molecule has 18 heteroatoms. The third-order valence-corrected chi connectivity index (χ3v) is 15.6. The van der Waals surface area contributed by atoms with Gasteiger partial charge in [0.05, 0.1) is 125 Å². The molecular weight excluding hydrogens is 1060 g/mol. The van der Waals surface area contributed by atoms with Crippen molar-refractivity contribution in [1.82, 2.24) is 0 Å². The Morgan fingerprint density at radius 2 is 0.823 bits per heavy atom. The standard InChI is InChI=1S/C61H88N2O14.2ClH/c1-62(26-22-45-39-51(65-3)53(67-5)41-47(45)49(62)33-43-35-55(69-7)60(73-11)56(36-43)70-8)24-18-29-76-31-20-30-75-28-17-15-13-14-16-21-59(64)77-32-19-25-63(2)27-23-46-40-52(66-4)54(68-6)42-48(46)50(63)34-44-37-57(71-9)61(74-12)58(38-44)72-10;;/h13-14,35-42,49-50H,15-34H2,1-12H3;2*1H/q+2;;/p-2/b14-13+;;/t49-,50-,62-,63-;;/m1../s1. The van der Waals surface area contributed by atoms with E-state index in [1.807, 2.05) is 12.1 Å². The number of carbonyl (C=O) groups is 1. The van der Waals surface area contributed by atoms with E-state index in [1.54, 1.807) is 71.1 Å². The van der Waals surface area contributed by atoms with Crippen molar-refractivity contribution in [1.29, 1.82) is 0 Å². The summed E-state index contributed by atoms with van der Waals surface area (Å²) in [5, 5.41) is 0. The first-order chi connectivity index (χ1) is 37.4. The fraction of sp³-hybridized carbons (Fsp3) is 0.557. The number of carbonyl (C=O) groups excluding carboxylic acids is 1. The fourth-order valence-electron chi connectivity index (χ4n) is 11.2. The van der Waals surface area contributed by atoms with Gasteiger partial charge in [-0.1, -0.05) is 12.2 Å². The zero-order valence-electron chi connectivity index (χ0n) is 48.9. The van der Waals surface area contributed by atoms with Crippen molar-refractivity contribution < 1.29 is 100 Å². The number of benzene rings is 4. The van der Waals surface area contributed by atoms with Crippen molar-refractivity contribution in [2.75, 3.05) is 144 Å². The summed E-state index contributed by atoms with van der Waals surface area (Å²) in [6.07, 6.45) is 12.8. The fourth-order valence-corrected chi connectivity index (χ4v) is 11.2. The molecule has 0 radical (unpaired) electrons. The Morgan fingerprint density at radius 3 is 1.23 bits per heavy atom. The number of ether oxygens (including phenoxy) is 13. The van der Waals surface area contributed by atoms with Crippen molar-refractivity contribution in [2.45, 2.75) is 82.7 Å². The lowest BCUT2D eigenvalue weighted by Gasteiger charge is -2.46. The molecule has 0 N–H and O–H groups in total. The quantitative estimate of drug-likeness (QED) is 0.0295. The Balaban J connectivity index is 0.00000672. The van der Waals surface area contributed by atoms with E-state index in [9.17, 15) is 4.79 Å². The second-order valence-electron chi connectivity index (χ2n) is 20.3. The van der Waals surface area contributed by atoms with Gasteiger partial charge in [-0.2, -0.15) is 0 Å². The summed E-state index contributed by atoms with van der Waals surface area (Å²) in [4.78, 5) is 12.8. The second kappa shape index (κ2) is 32.7. The number of halogens is 2. The van der Waals surface area contributed by atoms with Crippen LogP contribution < -0.4 is 72.2 Å². The van der Waals surface area contributed by atoms with E-state index in [2.05, 4.69) is 62.6 Å². The van der Waals surface area contributed by atoms with E-state index in [4.69, 9.17) is 61.6 Å². The van der Waals surface area contributed by atoms with Crippen molar-refractivity contribution in [3.63, 3.8) is 0 Å². The van der Waals surface area contributed by atoms with Gasteiger partial charge in [0.2, 0.25) is 11.5 Å². The maximum Gasteiger partial charge on any atom is 0.306 e. The Bertz CT molecular complexity index is 2510. The summed E-state index contributed by atoms with van der Waals surface area (Å²) < 4.78 is 76.4. The van der Waals surface area contributed by atoms with Gasteiger partial charge in [0, 0.05) is 75.9 Å². The first kappa shape index (κ1) is 66.0. The number of methoxy groups -OCH3 is 10. The topological polar surface area (TPSA) is 137 Å². The van der Waals surface area contributed by atoms with Crippen molar-refractivity contribution in [2.24, 2.45) is 0 Å². The third-order valence-electron chi connectivity index (χ3n) is 15.6. The van der Waals surface area contributed by atoms with E-state index >= 15 is 0 Å². The molecule has 16 nitrogen and oxygen atoms in total. The molecule has 0 unspecified atom stereocenters. The number of hydrogen-bond donors (Lipinski definition) is 0. The molecule has 0 bridgehead atoms. The normalized spacial score (nSPS) is 18.2. The zero-order valence-corrected chi connectivity index (χ0v) is 50.4. The van der Waals surface area contributed by atoms with E-state index < -0.39 is 0 Å². The first-order valence-electron chi connectivity index (χ1n) is 27.1. The molecule has 440 valence electrons. The zero-order chi connectivity index (χ0) is 55.4. The lowest BCUT2D eigenvalue weighted by atomic mass is 9.86. The molecule has 0 aliphatic carbocycles. The highest BCUT2D eigenvalue weighted by Gasteiger charge is 2.42. The van der Waals surface area contributed by atoms with Crippen molar-refractivity contribution >= 4 is 5.97 Å². The summed E-state index contributed by atoms with van der Waals surface area (Å²) in [7, 11) is 21.2. The molecule has 0 amide bonds. The van der Waals surface area contributed by atoms with Crippen LogP contribution in [0.3, 0.4) is 0 Å². The largest absolute Gasteiger partial charge is 1.00 e. The predicted molar refractivity (Wildman–Crippen MR) is 297 cm³/mol. The number of unbranched alkanes of at least 4 members (excludes halogenated alkanes) is 1. The molecule has 4 aromatic carbocycles. The number of nitrogens with zero attached hydrogens (tertiary/aromatic N) is 2. The monoisotopic (exact) mass is 1140 g/mol. The summed E-state index contributed by atoms with van der Waals surface area (Å²) in [6.45, 7) is 6.74. The van der Waals surface area contributed by atoms with Gasteiger partial charge in [0.15, 0.2) is 46.0 Å². The maximum atomic E-state index is 12.8. The van der Waals surface area contributed by atoms with Crippen LogP contribution in [-0.2, 0) is 44.7 Å². The molecule has 0 saturated heterocycles. The number of rotatable bonds is 33. The van der Waals surface area contributed by atoms with E-state index in [1.165, 1.54) is 22.3 Å². The SMILES string of the molecule is COc1cc2c(cc1OC)[C@@H](Cc1cc(OC)c(OC)c(OC)c1)[N@+](C)(CCCOCCCOCCC/C=C/CCC(=O)OCCC[N@+]1(C)CCc3cc(OC)c(OC)cc3[C@H]1Cc1cc(OC)c(OC)c(OC)c1)CC2.[Cl-].[Cl-]. The molecule has 2 aliphatic rings. The Morgan fingerprint density at radius 1 is 0.456 bits per heavy atom. The van der Waals surface area contributed by atoms with Crippen LogP contribution in [0.2, 0.25) is 0 Å². The summed E-state index contributed by atoms with van der Waals surface area (Å²) in [5.74, 6) is 6.41. The Hall–Kier alpha value is -5.49. The lowest BCUT2D eigenvalue weighted by molar-refractivity contribution is -0.941. The van der Waals surface area contributed by atoms with Crippen LogP contribution in [0.1, 0.15) is 90.4 Å². The van der Waals surface area contributed by atoms with Gasteiger partial charge in [-0.25, -0.2) is 0 Å². The first-order valence-corrected chi connectivity index (χ1v) is 27.1. The van der Waals surface area contributed by atoms with Gasteiger partial charge in [-0.15, -0.1) is 0 Å². The molecule has 0 saturated carbocycles. The third kappa shape index (κ3) is 17.0. The van der Waals surface area contributed by atoms with E-state index in [0.717, 1.165) is 121 Å². The van der Waals surface area contributed by atoms with Crippen LogP contribution in [0.25, 0.3) is 0 Å². The summed E-state index contributed by atoms with van der Waals surface area (Å²) in [5.41, 5.74) is 7.18. The highest BCUT2D eigenvalue weighted by Crippen LogP contribution is 2.47. The van der Waals surface area contributed by atoms with Gasteiger partial charge in [0.1, 0.15) is 12.1 Å². The molecule has 0 spiro atoms. The molecule has 4 aromatic rings. The van der Waals surface area contributed by atoms with Crippen LogP contribution in [0, 0.1) is 0 Å². The Labute approximate surface area is 482 Å². The molecule has 4 atom stereocenters. The second-order valence-corrected chi connectivity index (χ2v) is 20.3. The number of allylic oxidation sites excluding steroid dienone is 2. The maximum absolute atomic E-state index is 12.8. The van der Waals surface area contributed by atoms with E-state index in [-0.39, 0.29) is 42.9 Å². The van der Waals surface area contributed by atoms with Crippen LogP contribution in [0.5, 0.6) is 57.5 Å². The molecule has 6 rings (SSSR count). The number of fused-ring (bicyclic) bond motifs is 2. The van der Waals surface area contributed by atoms with Crippen LogP contribution >= 0.6 is 0 Å². The predicted octanol–water partition coefficient (Wildman–Crippen LogP) is 3.92. The lowest BCUT2D eigenvalue weighted by Crippen LogP contribution is -3.00. The minimum atomic E-state index is -0.176. The van der Waals surface area contributed by atoms with Gasteiger partial charge in [-0.05, 0) is 96.5 Å². The van der Waals surface area contributed by atoms with Crippen LogP contribution in [-0.4, -0.2) is 159 Å². The molecule has 2 heterocycles. The average molecular weight is 1140 g/mol. The van der Waals surface area contributed by atoms with Gasteiger partial charge in [0.25, 0.3) is 0 Å². The molecule has 0 aromatic heterocycles. The average Bonchev–Trinajstić information content (AvgIpc) is 3.53. The number of hydrogen-bond acceptors (Lipinski definition) is 14. The number of quaternary nitrogens is 2. The van der Waals surface area contributed by atoms with Gasteiger partial charge >= 0.3 is 5.97 Å². The number of esters is 1. The molecule has 0 fully saturated rings. The van der Waals surface area contributed by atoms with Gasteiger partial charge in [-0.3, -0.25) is 4.79 Å². The highest BCUT2D eigenvalue weighted by atomic mass is 35.5. The minimum absolute atomic E-state index is 0. The van der Waals surface area contributed by atoms with Crippen molar-refractivity contribution in [3.05, 3.63) is 94.1 Å². The summed E-state index contributed by atoms with van der Waals surface area (Å²) >= 11 is 0. The highest BCUT2D eigenvalue weighted by molar-refractivity contribution is 5.69. The molecular formula is C61H88Cl2N2O14. The van der Waals surface area contributed by atoms with Crippen LogP contribution in [0.15, 0.2) is 60.7 Å². The van der Waals surface area contributed by atoms with Crippen LogP contribution in [0.4, 0.5) is 0 Å². The molecule has 2 aliphatic heterocycles. The molecule has 79 heavy (non-hydrogen) atoms. The summed E-state index contributed by atoms with van der Waals surface area (Å²) in [6, 6.07) is 16.9. The minimum Gasteiger partial charge on any atom is -1.00 e. The Kier molecular flexibility index (Phi) is 27.3. The van der Waals surface area contributed by atoms with Gasteiger partial charge < -0.3 is 95.4 Å². The van der Waals surface area contributed by atoms with Crippen molar-refractivity contribution in [3.8, 4) is 57.5 Å². The smallest absolute Gasteiger partial charge is 0.306 e.